The number of aromatic nitrogens is 1. The summed E-state index contributed by atoms with van der Waals surface area (Å²) in [4.78, 5) is 21.5. The van der Waals surface area contributed by atoms with Crippen molar-refractivity contribution in [3.8, 4) is 0 Å². The molecule has 0 radical (unpaired) electrons. The first-order chi connectivity index (χ1) is 7.36. The largest absolute Gasteiger partial charge is 0.425 e. The molecule has 0 atom stereocenters. The first kappa shape index (κ1) is 11.6. The highest BCUT2D eigenvalue weighted by Gasteiger charge is 2.19. The summed E-state index contributed by atoms with van der Waals surface area (Å²) in [7, 11) is 0. The molecule has 0 saturated heterocycles. The fraction of sp³-hybridized carbons (Fsp3) is 0. The molecular formula is C6H11N7O3. The van der Waals surface area contributed by atoms with Crippen molar-refractivity contribution >= 4 is 23.7 Å². The lowest BCUT2D eigenvalue weighted by molar-refractivity contribution is 0.191. The Morgan fingerprint density at radius 2 is 1.38 bits per heavy atom. The monoisotopic (exact) mass is 229 g/mol. The normalized spacial score (nSPS) is 9.88. The molecule has 1 aromatic rings. The highest BCUT2D eigenvalue weighted by molar-refractivity contribution is 5.91. The number of rotatable bonds is 2. The lowest BCUT2D eigenvalue weighted by Crippen LogP contribution is -2.44. The lowest BCUT2D eigenvalue weighted by Gasteiger charge is -2.16. The second-order valence-corrected chi connectivity index (χ2v) is 2.78. The van der Waals surface area contributed by atoms with Gasteiger partial charge in [-0.2, -0.15) is 4.73 Å². The third-order valence-corrected chi connectivity index (χ3v) is 1.78. The van der Waals surface area contributed by atoms with E-state index in [4.69, 9.17) is 23.2 Å². The molecule has 0 fully saturated rings. The maximum absolute atomic E-state index is 10.7. The number of urea groups is 2. The van der Waals surface area contributed by atoms with E-state index in [1.165, 1.54) is 12.1 Å². The molecule has 0 aliphatic rings. The minimum atomic E-state index is -0.998. The SMILES string of the molecule is NC(=O)N(N)c1ccc(N(N)C(N)=O)n1O. The quantitative estimate of drug-likeness (QED) is 0.175. The van der Waals surface area contributed by atoms with E-state index in [2.05, 4.69) is 0 Å². The van der Waals surface area contributed by atoms with Gasteiger partial charge in [-0.15, -0.1) is 0 Å². The predicted molar refractivity (Wildman–Crippen MR) is 54.1 cm³/mol. The van der Waals surface area contributed by atoms with Crippen molar-refractivity contribution in [2.24, 2.45) is 23.2 Å². The average molecular weight is 229 g/mol. The summed E-state index contributed by atoms with van der Waals surface area (Å²) in [5.41, 5.74) is 9.77. The number of amides is 4. The molecule has 0 saturated carbocycles. The zero-order valence-electron chi connectivity index (χ0n) is 8.07. The van der Waals surface area contributed by atoms with E-state index in [0.717, 1.165) is 0 Å². The first-order valence-electron chi connectivity index (χ1n) is 3.95. The number of nitrogens with two attached hydrogens (primary N) is 4. The minimum absolute atomic E-state index is 0.167. The molecule has 0 bridgehead atoms. The van der Waals surface area contributed by atoms with Gasteiger partial charge in [-0.1, -0.05) is 0 Å². The Bertz CT molecular complexity index is 390. The van der Waals surface area contributed by atoms with Gasteiger partial charge in [-0.25, -0.2) is 31.3 Å². The van der Waals surface area contributed by atoms with Gasteiger partial charge in [0.15, 0.2) is 11.6 Å². The molecule has 0 aliphatic heterocycles. The predicted octanol–water partition coefficient (Wildman–Crippen LogP) is -1.76. The molecule has 1 aromatic heterocycles. The molecule has 0 aliphatic carbocycles. The Labute approximate surface area is 89.5 Å². The number of hydrogen-bond acceptors (Lipinski definition) is 5. The highest BCUT2D eigenvalue weighted by atomic mass is 16.5. The number of hydrazine groups is 2. The van der Waals surface area contributed by atoms with E-state index in [9.17, 15) is 14.8 Å². The number of primary amides is 2. The maximum atomic E-state index is 10.7. The standard InChI is InChI=1S/C6H11N7O3/c7-5(14)11(9)3-1-2-4(13(3)16)12(10)6(8)15/h1-2,16H,9-10H2,(H2,7,14)(H2,8,15). The van der Waals surface area contributed by atoms with Gasteiger partial charge in [0.25, 0.3) is 0 Å². The number of carbonyl (C=O) groups is 2. The molecule has 1 rings (SSSR count). The van der Waals surface area contributed by atoms with E-state index >= 15 is 0 Å². The van der Waals surface area contributed by atoms with E-state index in [1.807, 2.05) is 0 Å². The van der Waals surface area contributed by atoms with Gasteiger partial charge in [-0.05, 0) is 12.1 Å². The van der Waals surface area contributed by atoms with E-state index in [-0.39, 0.29) is 11.6 Å². The van der Waals surface area contributed by atoms with Crippen LogP contribution in [0.15, 0.2) is 12.1 Å². The van der Waals surface area contributed by atoms with Crippen molar-refractivity contribution in [1.29, 1.82) is 0 Å². The maximum Gasteiger partial charge on any atom is 0.335 e. The summed E-state index contributed by atoms with van der Waals surface area (Å²) in [6.45, 7) is 0. The van der Waals surface area contributed by atoms with Gasteiger partial charge in [0.1, 0.15) is 0 Å². The van der Waals surface area contributed by atoms with Crippen molar-refractivity contribution in [3.05, 3.63) is 12.1 Å². The van der Waals surface area contributed by atoms with E-state index in [1.54, 1.807) is 0 Å². The Kier molecular flexibility index (Phi) is 2.87. The van der Waals surface area contributed by atoms with Crippen molar-refractivity contribution in [2.45, 2.75) is 0 Å². The fourth-order valence-electron chi connectivity index (χ4n) is 0.998. The third-order valence-electron chi connectivity index (χ3n) is 1.78. The molecular weight excluding hydrogens is 218 g/mol. The number of carbonyl (C=O) groups excluding carboxylic acids is 2. The van der Waals surface area contributed by atoms with Gasteiger partial charge in [-0.3, -0.25) is 0 Å². The van der Waals surface area contributed by atoms with Gasteiger partial charge in [0.05, 0.1) is 0 Å². The molecule has 10 nitrogen and oxygen atoms in total. The van der Waals surface area contributed by atoms with E-state index in [0.29, 0.717) is 14.7 Å². The number of hydrogen-bond donors (Lipinski definition) is 5. The Morgan fingerprint density at radius 3 is 1.62 bits per heavy atom. The van der Waals surface area contributed by atoms with Crippen molar-refractivity contribution in [2.75, 3.05) is 10.0 Å². The lowest BCUT2D eigenvalue weighted by atomic mass is 10.5. The molecule has 4 amide bonds. The van der Waals surface area contributed by atoms with Crippen LogP contribution in [0.25, 0.3) is 0 Å². The van der Waals surface area contributed by atoms with Gasteiger partial charge in [0.2, 0.25) is 0 Å². The Balaban J connectivity index is 3.10. The highest BCUT2D eigenvalue weighted by Crippen LogP contribution is 2.20. The van der Waals surface area contributed by atoms with Crippen molar-refractivity contribution < 1.29 is 14.8 Å². The van der Waals surface area contributed by atoms with Crippen LogP contribution in [-0.2, 0) is 0 Å². The molecule has 0 unspecified atom stereocenters. The van der Waals surface area contributed by atoms with Crippen molar-refractivity contribution in [3.63, 3.8) is 0 Å². The molecule has 0 aromatic carbocycles. The summed E-state index contributed by atoms with van der Waals surface area (Å²) < 4.78 is 0.398. The Morgan fingerprint density at radius 1 is 1.06 bits per heavy atom. The first-order valence-corrected chi connectivity index (χ1v) is 3.95. The van der Waals surface area contributed by atoms with Crippen LogP contribution in [-0.4, -0.2) is 22.0 Å². The molecule has 0 spiro atoms. The van der Waals surface area contributed by atoms with Gasteiger partial charge >= 0.3 is 12.1 Å². The van der Waals surface area contributed by atoms with Crippen LogP contribution in [0.3, 0.4) is 0 Å². The van der Waals surface area contributed by atoms with Crippen LogP contribution < -0.4 is 33.2 Å². The number of anilines is 2. The zero-order valence-corrected chi connectivity index (χ0v) is 8.07. The van der Waals surface area contributed by atoms with Gasteiger partial charge in [0, 0.05) is 0 Å². The van der Waals surface area contributed by atoms with Crippen LogP contribution in [0.4, 0.5) is 21.2 Å². The summed E-state index contributed by atoms with van der Waals surface area (Å²) in [5.74, 6) is 10.1. The second kappa shape index (κ2) is 3.96. The topological polar surface area (TPSA) is 170 Å². The Hall–Kier alpha value is -2.46. The minimum Gasteiger partial charge on any atom is -0.425 e. The zero-order chi connectivity index (χ0) is 12.5. The average Bonchev–Trinajstić information content (AvgIpc) is 2.57. The van der Waals surface area contributed by atoms with Crippen LogP contribution in [0, 0.1) is 0 Å². The smallest absolute Gasteiger partial charge is 0.335 e. The van der Waals surface area contributed by atoms with Crippen LogP contribution in [0.2, 0.25) is 0 Å². The third kappa shape index (κ3) is 1.82. The summed E-state index contributed by atoms with van der Waals surface area (Å²) in [6.07, 6.45) is 0. The molecule has 16 heavy (non-hydrogen) atoms. The van der Waals surface area contributed by atoms with Crippen LogP contribution >= 0.6 is 0 Å². The van der Waals surface area contributed by atoms with Crippen molar-refractivity contribution in [1.82, 2.24) is 4.73 Å². The second-order valence-electron chi connectivity index (χ2n) is 2.78. The van der Waals surface area contributed by atoms with Crippen LogP contribution in [0.5, 0.6) is 0 Å². The van der Waals surface area contributed by atoms with Crippen LogP contribution in [0.1, 0.15) is 0 Å². The summed E-state index contributed by atoms with van der Waals surface area (Å²) in [6, 6.07) is 0.455. The molecule has 9 N–H and O–H groups in total. The molecule has 10 heteroatoms. The van der Waals surface area contributed by atoms with E-state index < -0.39 is 12.1 Å². The molecule has 88 valence electrons. The molecule has 1 heterocycles. The van der Waals surface area contributed by atoms with Gasteiger partial charge < -0.3 is 16.7 Å². The fourth-order valence-corrected chi connectivity index (χ4v) is 0.998. The summed E-state index contributed by atoms with van der Waals surface area (Å²) >= 11 is 0. The summed E-state index contributed by atoms with van der Waals surface area (Å²) in [5, 5.41) is 10.5. The number of nitrogens with zero attached hydrogens (tertiary/aromatic N) is 3.